The van der Waals surface area contributed by atoms with Gasteiger partial charge in [-0.05, 0) is 47.2 Å². The summed E-state index contributed by atoms with van der Waals surface area (Å²) in [5.41, 5.74) is -1.11. The summed E-state index contributed by atoms with van der Waals surface area (Å²) in [6.45, 7) is 1.59. The van der Waals surface area contributed by atoms with Gasteiger partial charge in [0.2, 0.25) is 0 Å². The van der Waals surface area contributed by atoms with Gasteiger partial charge in [-0.1, -0.05) is 0 Å². The van der Waals surface area contributed by atoms with E-state index in [4.69, 9.17) is 17.3 Å². The van der Waals surface area contributed by atoms with Crippen LogP contribution >= 0.6 is 28.1 Å². The number of aromatic nitrogens is 1. The maximum Gasteiger partial charge on any atom is 0.433 e. The van der Waals surface area contributed by atoms with Crippen molar-refractivity contribution < 1.29 is 23.1 Å². The molecule has 0 atom stereocenters. The molecule has 0 bridgehead atoms. The van der Waals surface area contributed by atoms with Crippen molar-refractivity contribution in [2.75, 3.05) is 11.9 Å². The van der Waals surface area contributed by atoms with Crippen molar-refractivity contribution in [2.24, 2.45) is 0 Å². The van der Waals surface area contributed by atoms with Crippen LogP contribution in [0.4, 0.5) is 23.8 Å². The highest BCUT2D eigenvalue weighted by molar-refractivity contribution is 9.10. The average molecular weight is 372 g/mol. The predicted octanol–water partition coefficient (Wildman–Crippen LogP) is 3.56. The Labute approximate surface area is 125 Å². The van der Waals surface area contributed by atoms with E-state index in [0.717, 1.165) is 17.0 Å². The minimum Gasteiger partial charge on any atom is -0.465 e. The number of hydrogen-bond acceptors (Lipinski definition) is 3. The fourth-order valence-electron chi connectivity index (χ4n) is 1.22. The number of amides is 1. The number of rotatable bonds is 2. The molecule has 1 aromatic heterocycles. The van der Waals surface area contributed by atoms with Crippen LogP contribution in [0.2, 0.25) is 0 Å². The number of halogens is 4. The molecule has 0 aromatic carbocycles. The molecule has 1 heterocycles. The summed E-state index contributed by atoms with van der Waals surface area (Å²) in [6.07, 6.45) is -5.91. The fourth-order valence-corrected chi connectivity index (χ4v) is 1.85. The molecule has 0 radical (unpaired) electrons. The molecule has 110 valence electrons. The molecule has 0 aliphatic carbocycles. The first kappa shape index (κ1) is 16.6. The number of pyridine rings is 1. The lowest BCUT2D eigenvalue weighted by Gasteiger charge is -2.19. The van der Waals surface area contributed by atoms with E-state index in [2.05, 4.69) is 26.2 Å². The third-order valence-electron chi connectivity index (χ3n) is 2.15. The molecule has 0 fully saturated rings. The van der Waals surface area contributed by atoms with Crippen molar-refractivity contribution in [2.45, 2.75) is 13.1 Å². The summed E-state index contributed by atoms with van der Waals surface area (Å²) in [5.74, 6) is -0.204. The lowest BCUT2D eigenvalue weighted by molar-refractivity contribution is -0.141. The predicted molar refractivity (Wildman–Crippen MR) is 73.6 cm³/mol. The quantitative estimate of drug-likeness (QED) is 0.778. The van der Waals surface area contributed by atoms with Gasteiger partial charge in [0.25, 0.3) is 0 Å². The maximum absolute atomic E-state index is 12.5. The molecule has 0 saturated carbocycles. The van der Waals surface area contributed by atoms with E-state index < -0.39 is 18.0 Å². The monoisotopic (exact) mass is 371 g/mol. The summed E-state index contributed by atoms with van der Waals surface area (Å²) in [7, 11) is 0. The van der Waals surface area contributed by atoms with E-state index in [1.54, 1.807) is 0 Å². The number of anilines is 1. The Balaban J connectivity index is 3.03. The van der Waals surface area contributed by atoms with Gasteiger partial charge in [-0.15, -0.1) is 0 Å². The van der Waals surface area contributed by atoms with Gasteiger partial charge in [-0.25, -0.2) is 9.78 Å². The van der Waals surface area contributed by atoms with Gasteiger partial charge >= 0.3 is 12.3 Å². The van der Waals surface area contributed by atoms with Crippen molar-refractivity contribution in [3.05, 3.63) is 22.3 Å². The van der Waals surface area contributed by atoms with Crippen LogP contribution in [0.25, 0.3) is 0 Å². The van der Waals surface area contributed by atoms with Gasteiger partial charge in [0, 0.05) is 6.54 Å². The molecule has 5 nitrogen and oxygen atoms in total. The first-order valence-electron chi connectivity index (χ1n) is 5.22. The molecule has 10 heteroatoms. The summed E-state index contributed by atoms with van der Waals surface area (Å²) in [6, 6.07) is 1.95. The van der Waals surface area contributed by atoms with E-state index in [1.165, 1.54) is 6.92 Å². The molecule has 1 rings (SSSR count). The van der Waals surface area contributed by atoms with Crippen LogP contribution in [0.15, 0.2) is 16.6 Å². The van der Waals surface area contributed by atoms with Crippen LogP contribution in [0.3, 0.4) is 0 Å². The van der Waals surface area contributed by atoms with E-state index >= 15 is 0 Å². The highest BCUT2D eigenvalue weighted by Gasteiger charge is 2.33. The molecule has 1 amide bonds. The molecule has 2 N–H and O–H groups in total. The SMILES string of the molecule is CCN(C(=O)O)C(=S)Nc1nc(C(F)(F)F)ccc1Br. The van der Waals surface area contributed by atoms with Crippen molar-refractivity contribution in [1.29, 1.82) is 0 Å². The second-order valence-corrected chi connectivity index (χ2v) is 4.72. The molecular formula is C10H9BrF3N3O2S. The number of hydrogen-bond donors (Lipinski definition) is 2. The second kappa shape index (κ2) is 6.35. The Morgan fingerprint density at radius 2 is 2.15 bits per heavy atom. The standard InChI is InChI=1S/C10H9BrF3N3O2S/c1-2-17(9(18)19)8(20)16-7-5(11)3-4-6(15-7)10(12,13)14/h3-4H,2H2,1H3,(H,18,19)(H,15,16,20). The normalized spacial score (nSPS) is 11.1. The molecule has 1 aromatic rings. The second-order valence-electron chi connectivity index (χ2n) is 3.48. The van der Waals surface area contributed by atoms with E-state index in [-0.39, 0.29) is 21.9 Å². The molecule has 0 spiro atoms. The number of thiocarbonyl (C=S) groups is 1. The summed E-state index contributed by atoms with van der Waals surface area (Å²) in [5, 5.41) is 11.0. The number of alkyl halides is 3. The largest absolute Gasteiger partial charge is 0.465 e. The first-order valence-corrected chi connectivity index (χ1v) is 6.42. The third-order valence-corrected chi connectivity index (χ3v) is 3.12. The zero-order valence-corrected chi connectivity index (χ0v) is 12.4. The minimum absolute atomic E-state index is 0.0533. The number of nitrogens with zero attached hydrogens (tertiary/aromatic N) is 2. The van der Waals surface area contributed by atoms with Crippen LogP contribution in [-0.2, 0) is 6.18 Å². The summed E-state index contributed by atoms with van der Waals surface area (Å²) >= 11 is 7.84. The third kappa shape index (κ3) is 4.04. The van der Waals surface area contributed by atoms with Gasteiger partial charge in [0.05, 0.1) is 4.47 Å². The Morgan fingerprint density at radius 1 is 1.55 bits per heavy atom. The summed E-state index contributed by atoms with van der Waals surface area (Å²) in [4.78, 5) is 15.0. The fraction of sp³-hybridized carbons (Fsp3) is 0.300. The Hall–Kier alpha value is -1.42. The number of carbonyl (C=O) groups is 1. The van der Waals surface area contributed by atoms with Crippen molar-refractivity contribution >= 4 is 45.2 Å². The highest BCUT2D eigenvalue weighted by Crippen LogP contribution is 2.31. The van der Waals surface area contributed by atoms with Gasteiger partial charge in [0.1, 0.15) is 11.5 Å². The van der Waals surface area contributed by atoms with Crippen LogP contribution in [-0.4, -0.2) is 32.7 Å². The van der Waals surface area contributed by atoms with Crippen LogP contribution in [0.5, 0.6) is 0 Å². The number of carboxylic acid groups (broad SMARTS) is 1. The maximum atomic E-state index is 12.5. The lowest BCUT2D eigenvalue weighted by atomic mass is 10.3. The number of nitrogens with one attached hydrogen (secondary N) is 1. The van der Waals surface area contributed by atoms with Gasteiger partial charge in [0.15, 0.2) is 5.11 Å². The Bertz CT molecular complexity index is 539. The lowest BCUT2D eigenvalue weighted by Crippen LogP contribution is -2.38. The summed E-state index contributed by atoms with van der Waals surface area (Å²) < 4.78 is 37.9. The average Bonchev–Trinajstić information content (AvgIpc) is 2.30. The Morgan fingerprint density at radius 3 is 2.60 bits per heavy atom. The zero-order chi connectivity index (χ0) is 15.5. The van der Waals surface area contributed by atoms with Crippen molar-refractivity contribution in [1.82, 2.24) is 9.88 Å². The topological polar surface area (TPSA) is 65.5 Å². The van der Waals surface area contributed by atoms with Crippen LogP contribution in [0.1, 0.15) is 12.6 Å². The first-order chi connectivity index (χ1) is 9.16. The van der Waals surface area contributed by atoms with Gasteiger partial charge in [-0.2, -0.15) is 13.2 Å². The van der Waals surface area contributed by atoms with E-state index in [0.29, 0.717) is 0 Å². The Kier molecular flexibility index (Phi) is 5.28. The molecule has 0 aliphatic rings. The molecule has 20 heavy (non-hydrogen) atoms. The van der Waals surface area contributed by atoms with Crippen molar-refractivity contribution in [3.8, 4) is 0 Å². The van der Waals surface area contributed by atoms with E-state index in [1.807, 2.05) is 0 Å². The highest BCUT2D eigenvalue weighted by atomic mass is 79.9. The minimum atomic E-state index is -4.60. The molecule has 0 saturated heterocycles. The molecule has 0 unspecified atom stereocenters. The molecular weight excluding hydrogens is 363 g/mol. The zero-order valence-electron chi connectivity index (χ0n) is 10.0. The molecule has 0 aliphatic heterocycles. The smallest absolute Gasteiger partial charge is 0.433 e. The van der Waals surface area contributed by atoms with Gasteiger partial charge in [-0.3, -0.25) is 4.90 Å². The van der Waals surface area contributed by atoms with E-state index in [9.17, 15) is 18.0 Å². The van der Waals surface area contributed by atoms with Crippen molar-refractivity contribution in [3.63, 3.8) is 0 Å². The van der Waals surface area contributed by atoms with Crippen LogP contribution in [0, 0.1) is 0 Å². The van der Waals surface area contributed by atoms with Gasteiger partial charge < -0.3 is 10.4 Å². The van der Waals surface area contributed by atoms with Crippen LogP contribution < -0.4 is 5.32 Å².